The van der Waals surface area contributed by atoms with E-state index in [4.69, 9.17) is 0 Å². The normalized spacial score (nSPS) is 23.8. The summed E-state index contributed by atoms with van der Waals surface area (Å²) in [6.07, 6.45) is 3.19. The number of fused-ring (bicyclic) bond motifs is 5. The fourth-order valence-corrected chi connectivity index (χ4v) is 3.53. The van der Waals surface area contributed by atoms with E-state index in [9.17, 15) is 0 Å². The summed E-state index contributed by atoms with van der Waals surface area (Å²) >= 11 is 0. The van der Waals surface area contributed by atoms with Crippen molar-refractivity contribution >= 4 is 12.4 Å². The van der Waals surface area contributed by atoms with Crippen LogP contribution < -0.4 is 5.32 Å². The van der Waals surface area contributed by atoms with E-state index in [0.29, 0.717) is 5.92 Å². The number of hydrogen-bond donors (Lipinski definition) is 1. The Morgan fingerprint density at radius 3 is 2.68 bits per heavy atom. The van der Waals surface area contributed by atoms with Crippen LogP contribution in [0, 0.1) is 0 Å². The SMILES string of the molecule is Cl.Cn1nccc1-c1ccc2c(c1)C1CNCC2C1. The summed E-state index contributed by atoms with van der Waals surface area (Å²) in [6, 6.07) is 9.04. The maximum atomic E-state index is 4.26. The monoisotopic (exact) mass is 275 g/mol. The molecular formula is C15H18ClN3. The molecule has 0 amide bonds. The van der Waals surface area contributed by atoms with Gasteiger partial charge in [-0.1, -0.05) is 12.1 Å². The number of nitrogens with zero attached hydrogens (tertiary/aromatic N) is 2. The highest BCUT2D eigenvalue weighted by atomic mass is 35.5. The van der Waals surface area contributed by atoms with Gasteiger partial charge in [0.1, 0.15) is 0 Å². The lowest BCUT2D eigenvalue weighted by molar-refractivity contribution is 0.454. The molecule has 1 N–H and O–H groups in total. The summed E-state index contributed by atoms with van der Waals surface area (Å²) in [5, 5.41) is 7.80. The highest BCUT2D eigenvalue weighted by Crippen LogP contribution is 2.44. The van der Waals surface area contributed by atoms with Crippen molar-refractivity contribution in [3.8, 4) is 11.3 Å². The standard InChI is InChI=1S/C15H17N3.ClH/c1-18-15(4-5-17-18)10-2-3-13-11-6-12(9-16-8-11)14(13)7-10;/h2-5,7,11-12,16H,6,8-9H2,1H3;1H. The van der Waals surface area contributed by atoms with Crippen molar-refractivity contribution in [3.05, 3.63) is 41.6 Å². The van der Waals surface area contributed by atoms with E-state index >= 15 is 0 Å². The molecule has 1 aliphatic heterocycles. The minimum absolute atomic E-state index is 0. The lowest BCUT2D eigenvalue weighted by Gasteiger charge is -2.19. The largest absolute Gasteiger partial charge is 0.316 e. The van der Waals surface area contributed by atoms with Crippen LogP contribution in [0.1, 0.15) is 29.4 Å². The third kappa shape index (κ3) is 1.88. The molecule has 0 radical (unpaired) electrons. The van der Waals surface area contributed by atoms with Gasteiger partial charge < -0.3 is 5.32 Å². The van der Waals surface area contributed by atoms with Gasteiger partial charge in [0.15, 0.2) is 0 Å². The molecule has 4 rings (SSSR count). The highest BCUT2D eigenvalue weighted by molar-refractivity contribution is 5.85. The van der Waals surface area contributed by atoms with Crippen molar-refractivity contribution in [2.45, 2.75) is 18.3 Å². The third-order valence-electron chi connectivity index (χ3n) is 4.43. The summed E-state index contributed by atoms with van der Waals surface area (Å²) < 4.78 is 1.95. The first kappa shape index (κ1) is 12.7. The molecule has 1 fully saturated rings. The zero-order valence-corrected chi connectivity index (χ0v) is 11.8. The lowest BCUT2D eigenvalue weighted by Crippen LogP contribution is -2.28. The zero-order valence-electron chi connectivity index (χ0n) is 11.0. The highest BCUT2D eigenvalue weighted by Gasteiger charge is 2.34. The predicted molar refractivity (Wildman–Crippen MR) is 78.9 cm³/mol. The molecule has 19 heavy (non-hydrogen) atoms. The first-order valence-electron chi connectivity index (χ1n) is 6.66. The topological polar surface area (TPSA) is 29.9 Å². The van der Waals surface area contributed by atoms with E-state index in [0.717, 1.165) is 19.0 Å². The number of nitrogens with one attached hydrogen (secondary N) is 1. The van der Waals surface area contributed by atoms with E-state index in [1.165, 1.54) is 17.7 Å². The van der Waals surface area contributed by atoms with Gasteiger partial charge in [-0.3, -0.25) is 4.68 Å². The van der Waals surface area contributed by atoms with Crippen LogP contribution in [0.25, 0.3) is 11.3 Å². The van der Waals surface area contributed by atoms with Gasteiger partial charge in [-0.2, -0.15) is 5.10 Å². The Morgan fingerprint density at radius 1 is 1.16 bits per heavy atom. The van der Waals surface area contributed by atoms with Gasteiger partial charge in [-0.05, 0) is 41.5 Å². The Bertz CT molecular complexity index is 605. The van der Waals surface area contributed by atoms with Crippen molar-refractivity contribution in [2.24, 2.45) is 7.05 Å². The first-order chi connectivity index (χ1) is 8.83. The van der Waals surface area contributed by atoms with Gasteiger partial charge in [-0.15, -0.1) is 12.4 Å². The number of aryl methyl sites for hydroxylation is 1. The smallest absolute Gasteiger partial charge is 0.0678 e. The van der Waals surface area contributed by atoms with Crippen LogP contribution >= 0.6 is 12.4 Å². The second-order valence-electron chi connectivity index (χ2n) is 5.47. The molecular weight excluding hydrogens is 258 g/mol. The summed E-state index contributed by atoms with van der Waals surface area (Å²) in [5.74, 6) is 1.45. The molecule has 2 atom stereocenters. The van der Waals surface area contributed by atoms with Gasteiger partial charge >= 0.3 is 0 Å². The molecule has 4 heteroatoms. The second-order valence-corrected chi connectivity index (χ2v) is 5.47. The van der Waals surface area contributed by atoms with E-state index in [1.54, 1.807) is 11.1 Å². The van der Waals surface area contributed by atoms with Gasteiger partial charge in [0.05, 0.1) is 5.69 Å². The van der Waals surface area contributed by atoms with Crippen molar-refractivity contribution in [1.29, 1.82) is 0 Å². The Morgan fingerprint density at radius 2 is 1.95 bits per heavy atom. The summed E-state index contributed by atoms with van der Waals surface area (Å²) in [7, 11) is 2.00. The molecule has 1 aromatic heterocycles. The zero-order chi connectivity index (χ0) is 12.1. The molecule has 2 aliphatic rings. The van der Waals surface area contributed by atoms with Crippen LogP contribution in [0.15, 0.2) is 30.5 Å². The van der Waals surface area contributed by atoms with Crippen molar-refractivity contribution in [3.63, 3.8) is 0 Å². The molecule has 2 aromatic rings. The average Bonchev–Trinajstić information content (AvgIpc) is 2.93. The molecule has 2 bridgehead atoms. The molecule has 3 nitrogen and oxygen atoms in total. The minimum atomic E-state index is 0. The molecule has 100 valence electrons. The number of piperidine rings is 1. The number of hydrogen-bond acceptors (Lipinski definition) is 2. The third-order valence-corrected chi connectivity index (χ3v) is 4.43. The van der Waals surface area contributed by atoms with Crippen LogP contribution in [-0.2, 0) is 7.05 Å². The van der Waals surface area contributed by atoms with Gasteiger partial charge in [0.2, 0.25) is 0 Å². The van der Waals surface area contributed by atoms with E-state index in [2.05, 4.69) is 34.7 Å². The molecule has 1 aliphatic carbocycles. The summed E-state index contributed by atoms with van der Waals surface area (Å²) in [6.45, 7) is 2.28. The maximum Gasteiger partial charge on any atom is 0.0678 e. The molecule has 1 aromatic carbocycles. The Hall–Kier alpha value is -1.32. The quantitative estimate of drug-likeness (QED) is 0.867. The van der Waals surface area contributed by atoms with Crippen LogP contribution in [0.4, 0.5) is 0 Å². The summed E-state index contributed by atoms with van der Waals surface area (Å²) in [5.41, 5.74) is 5.62. The number of aromatic nitrogens is 2. The van der Waals surface area contributed by atoms with Gasteiger partial charge in [0, 0.05) is 31.9 Å². The van der Waals surface area contributed by atoms with Crippen molar-refractivity contribution in [1.82, 2.24) is 15.1 Å². The number of rotatable bonds is 1. The first-order valence-corrected chi connectivity index (χ1v) is 6.66. The van der Waals surface area contributed by atoms with E-state index < -0.39 is 0 Å². The second kappa shape index (κ2) is 4.66. The fraction of sp³-hybridized carbons (Fsp3) is 0.400. The van der Waals surface area contributed by atoms with Gasteiger partial charge in [-0.25, -0.2) is 0 Å². The molecule has 2 unspecified atom stereocenters. The summed E-state index contributed by atoms with van der Waals surface area (Å²) in [4.78, 5) is 0. The molecule has 1 saturated heterocycles. The Kier molecular flexibility index (Phi) is 3.11. The van der Waals surface area contributed by atoms with E-state index in [-0.39, 0.29) is 12.4 Å². The van der Waals surface area contributed by atoms with Crippen LogP contribution in [-0.4, -0.2) is 22.9 Å². The van der Waals surface area contributed by atoms with Crippen LogP contribution in [0.2, 0.25) is 0 Å². The van der Waals surface area contributed by atoms with Gasteiger partial charge in [0.25, 0.3) is 0 Å². The Labute approximate surface area is 119 Å². The van der Waals surface area contributed by atoms with Crippen LogP contribution in [0.3, 0.4) is 0 Å². The fourth-order valence-electron chi connectivity index (χ4n) is 3.53. The minimum Gasteiger partial charge on any atom is -0.316 e. The maximum absolute atomic E-state index is 4.26. The lowest BCUT2D eigenvalue weighted by atomic mass is 9.97. The molecule has 2 heterocycles. The van der Waals surface area contributed by atoms with Crippen molar-refractivity contribution < 1.29 is 0 Å². The Balaban J connectivity index is 0.00000110. The van der Waals surface area contributed by atoms with Crippen LogP contribution in [0.5, 0.6) is 0 Å². The van der Waals surface area contributed by atoms with Crippen molar-refractivity contribution in [2.75, 3.05) is 13.1 Å². The van der Waals surface area contributed by atoms with E-state index in [1.807, 2.05) is 17.9 Å². The number of halogens is 1. The molecule has 0 saturated carbocycles. The predicted octanol–water partition coefficient (Wildman–Crippen LogP) is 2.68. The molecule has 0 spiro atoms. The number of benzene rings is 1. The average molecular weight is 276 g/mol.